The third-order valence-corrected chi connectivity index (χ3v) is 3.44. The van der Waals surface area contributed by atoms with Crippen molar-refractivity contribution in [1.29, 1.82) is 0 Å². The zero-order valence-corrected chi connectivity index (χ0v) is 12.6. The second kappa shape index (κ2) is 7.19. The minimum absolute atomic E-state index is 0.0585. The standard InChI is InChI=1S/C15H23N3O3/c1-9(2)13(16)15(21)18(10(3)14(17)20)12-6-4-11(8-19)5-7-12/h4-7,9-10,13,19H,8,16H2,1-3H3,(H2,17,20)/t10-,13+/m0/s1. The quantitative estimate of drug-likeness (QED) is 0.703. The number of nitrogens with two attached hydrogens (primary N) is 2. The van der Waals surface area contributed by atoms with Crippen LogP contribution in [0.15, 0.2) is 24.3 Å². The van der Waals surface area contributed by atoms with Crippen molar-refractivity contribution in [1.82, 2.24) is 0 Å². The Balaban J connectivity index is 3.18. The summed E-state index contributed by atoms with van der Waals surface area (Å²) in [7, 11) is 0. The molecule has 0 aliphatic carbocycles. The minimum atomic E-state index is -0.803. The molecule has 0 unspecified atom stereocenters. The van der Waals surface area contributed by atoms with E-state index in [1.807, 2.05) is 13.8 Å². The van der Waals surface area contributed by atoms with Gasteiger partial charge in [-0.1, -0.05) is 26.0 Å². The molecule has 2 atom stereocenters. The highest BCUT2D eigenvalue weighted by Crippen LogP contribution is 2.20. The van der Waals surface area contributed by atoms with E-state index in [0.29, 0.717) is 11.3 Å². The molecule has 0 fully saturated rings. The fourth-order valence-corrected chi connectivity index (χ4v) is 1.88. The molecule has 0 saturated heterocycles. The van der Waals surface area contributed by atoms with Gasteiger partial charge in [0.05, 0.1) is 12.6 Å². The molecule has 0 bridgehead atoms. The van der Waals surface area contributed by atoms with Crippen LogP contribution in [0.3, 0.4) is 0 Å². The minimum Gasteiger partial charge on any atom is -0.392 e. The Bertz CT molecular complexity index is 499. The van der Waals surface area contributed by atoms with Gasteiger partial charge in [-0.15, -0.1) is 0 Å². The number of carbonyl (C=O) groups excluding carboxylic acids is 2. The number of hydrogen-bond acceptors (Lipinski definition) is 4. The third kappa shape index (κ3) is 4.03. The maximum atomic E-state index is 12.5. The maximum Gasteiger partial charge on any atom is 0.244 e. The molecule has 0 saturated carbocycles. The first kappa shape index (κ1) is 17.1. The molecule has 1 aromatic rings. The molecule has 0 radical (unpaired) electrons. The molecule has 2 amide bonds. The molecule has 0 aliphatic rings. The van der Waals surface area contributed by atoms with E-state index in [1.54, 1.807) is 31.2 Å². The lowest BCUT2D eigenvalue weighted by Crippen LogP contribution is -2.53. The van der Waals surface area contributed by atoms with Crippen molar-refractivity contribution < 1.29 is 14.7 Å². The Kier molecular flexibility index (Phi) is 5.87. The van der Waals surface area contributed by atoms with Gasteiger partial charge >= 0.3 is 0 Å². The van der Waals surface area contributed by atoms with E-state index in [1.165, 1.54) is 4.90 Å². The van der Waals surface area contributed by atoms with Gasteiger partial charge in [0.15, 0.2) is 0 Å². The number of benzene rings is 1. The number of rotatable bonds is 6. The van der Waals surface area contributed by atoms with Gasteiger partial charge in [-0.05, 0) is 30.5 Å². The van der Waals surface area contributed by atoms with Crippen LogP contribution in [-0.2, 0) is 16.2 Å². The summed E-state index contributed by atoms with van der Waals surface area (Å²) in [5.74, 6) is -1.02. The van der Waals surface area contributed by atoms with Gasteiger partial charge in [0.25, 0.3) is 0 Å². The van der Waals surface area contributed by atoms with Crippen LogP contribution < -0.4 is 16.4 Å². The summed E-state index contributed by atoms with van der Waals surface area (Å²) in [5.41, 5.74) is 12.5. The zero-order chi connectivity index (χ0) is 16.2. The molecule has 6 heteroatoms. The topological polar surface area (TPSA) is 110 Å². The lowest BCUT2D eigenvalue weighted by Gasteiger charge is -2.31. The first-order valence-corrected chi connectivity index (χ1v) is 6.87. The lowest BCUT2D eigenvalue weighted by atomic mass is 10.0. The Morgan fingerprint density at radius 2 is 1.71 bits per heavy atom. The summed E-state index contributed by atoms with van der Waals surface area (Å²) in [6.45, 7) is 5.15. The van der Waals surface area contributed by atoms with Crippen LogP contribution in [0, 0.1) is 5.92 Å². The molecular weight excluding hydrogens is 270 g/mol. The number of aliphatic hydroxyl groups excluding tert-OH is 1. The average molecular weight is 293 g/mol. The molecule has 5 N–H and O–H groups in total. The highest BCUT2D eigenvalue weighted by Gasteiger charge is 2.30. The van der Waals surface area contributed by atoms with E-state index >= 15 is 0 Å². The number of hydrogen-bond donors (Lipinski definition) is 3. The molecule has 0 heterocycles. The molecule has 21 heavy (non-hydrogen) atoms. The Morgan fingerprint density at radius 1 is 1.19 bits per heavy atom. The summed E-state index contributed by atoms with van der Waals surface area (Å²) in [6, 6.07) is 5.17. The third-order valence-electron chi connectivity index (χ3n) is 3.44. The number of aliphatic hydroxyl groups is 1. The predicted octanol–water partition coefficient (Wildman–Crippen LogP) is 0.369. The number of primary amides is 1. The summed E-state index contributed by atoms with van der Waals surface area (Å²) < 4.78 is 0. The zero-order valence-electron chi connectivity index (χ0n) is 12.6. The predicted molar refractivity (Wildman–Crippen MR) is 81.3 cm³/mol. The molecular formula is C15H23N3O3. The Hall–Kier alpha value is -1.92. The summed E-state index contributed by atoms with van der Waals surface area (Å²) in [6.07, 6.45) is 0. The number of carbonyl (C=O) groups is 2. The van der Waals surface area contributed by atoms with Crippen molar-refractivity contribution in [3.63, 3.8) is 0 Å². The van der Waals surface area contributed by atoms with Crippen LogP contribution in [0.4, 0.5) is 5.69 Å². The van der Waals surface area contributed by atoms with Crippen LogP contribution in [0.5, 0.6) is 0 Å². The van der Waals surface area contributed by atoms with Crippen molar-refractivity contribution in [2.75, 3.05) is 4.90 Å². The van der Waals surface area contributed by atoms with Crippen LogP contribution >= 0.6 is 0 Å². The van der Waals surface area contributed by atoms with Crippen molar-refractivity contribution in [3.05, 3.63) is 29.8 Å². The first-order valence-electron chi connectivity index (χ1n) is 6.87. The van der Waals surface area contributed by atoms with Gasteiger partial charge in [0.2, 0.25) is 11.8 Å². The Labute approximate surface area is 124 Å². The van der Waals surface area contributed by atoms with Crippen molar-refractivity contribution in [2.45, 2.75) is 39.5 Å². The number of amides is 2. The van der Waals surface area contributed by atoms with Crippen LogP contribution in [0.25, 0.3) is 0 Å². The van der Waals surface area contributed by atoms with Crippen LogP contribution in [0.1, 0.15) is 26.3 Å². The molecule has 0 spiro atoms. The van der Waals surface area contributed by atoms with Crippen molar-refractivity contribution >= 4 is 17.5 Å². The Morgan fingerprint density at radius 3 is 2.10 bits per heavy atom. The van der Waals surface area contributed by atoms with Gasteiger partial charge in [0.1, 0.15) is 6.04 Å². The van der Waals surface area contributed by atoms with E-state index in [0.717, 1.165) is 0 Å². The van der Waals surface area contributed by atoms with Crippen molar-refractivity contribution in [2.24, 2.45) is 17.4 Å². The monoisotopic (exact) mass is 293 g/mol. The summed E-state index contributed by atoms with van der Waals surface area (Å²) >= 11 is 0. The molecule has 0 aromatic heterocycles. The summed E-state index contributed by atoms with van der Waals surface area (Å²) in [5, 5.41) is 9.06. The average Bonchev–Trinajstić information content (AvgIpc) is 2.46. The SMILES string of the molecule is CC(C)[C@@H](N)C(=O)N(c1ccc(CO)cc1)[C@@H](C)C(N)=O. The van der Waals surface area contributed by atoms with E-state index in [2.05, 4.69) is 0 Å². The maximum absolute atomic E-state index is 12.5. The van der Waals surface area contributed by atoms with Crippen molar-refractivity contribution in [3.8, 4) is 0 Å². The van der Waals surface area contributed by atoms with E-state index in [9.17, 15) is 9.59 Å². The molecule has 6 nitrogen and oxygen atoms in total. The van der Waals surface area contributed by atoms with E-state index < -0.39 is 18.0 Å². The molecule has 0 aliphatic heterocycles. The van der Waals surface area contributed by atoms with Gasteiger partial charge < -0.3 is 16.6 Å². The fraction of sp³-hybridized carbons (Fsp3) is 0.467. The normalized spacial score (nSPS) is 13.8. The summed E-state index contributed by atoms with van der Waals surface area (Å²) in [4.78, 5) is 25.3. The molecule has 1 rings (SSSR count). The molecule has 1 aromatic carbocycles. The number of anilines is 1. The van der Waals surface area contributed by atoms with E-state index in [-0.39, 0.29) is 18.4 Å². The van der Waals surface area contributed by atoms with E-state index in [4.69, 9.17) is 16.6 Å². The van der Waals surface area contributed by atoms with Gasteiger partial charge in [-0.25, -0.2) is 0 Å². The second-order valence-corrected chi connectivity index (χ2v) is 5.38. The van der Waals surface area contributed by atoms with Gasteiger partial charge in [0, 0.05) is 5.69 Å². The largest absolute Gasteiger partial charge is 0.392 e. The number of nitrogens with zero attached hydrogens (tertiary/aromatic N) is 1. The first-order chi connectivity index (χ1) is 9.79. The van der Waals surface area contributed by atoms with Gasteiger partial charge in [-0.3, -0.25) is 14.5 Å². The second-order valence-electron chi connectivity index (χ2n) is 5.38. The van der Waals surface area contributed by atoms with Gasteiger partial charge in [-0.2, -0.15) is 0 Å². The lowest BCUT2D eigenvalue weighted by molar-refractivity contribution is -0.125. The highest BCUT2D eigenvalue weighted by molar-refractivity contribution is 6.02. The molecule has 116 valence electrons. The fourth-order valence-electron chi connectivity index (χ4n) is 1.88. The van der Waals surface area contributed by atoms with Crippen LogP contribution in [0.2, 0.25) is 0 Å². The van der Waals surface area contributed by atoms with Crippen LogP contribution in [-0.4, -0.2) is 29.0 Å². The smallest absolute Gasteiger partial charge is 0.244 e. The highest BCUT2D eigenvalue weighted by atomic mass is 16.3.